The smallest absolute Gasteiger partial charge is 0.243 e. The first-order valence-electron chi connectivity index (χ1n) is 5.25. The van der Waals surface area contributed by atoms with Gasteiger partial charge in [-0.25, -0.2) is 13.1 Å². The highest BCUT2D eigenvalue weighted by Crippen LogP contribution is 2.06. The highest BCUT2D eigenvalue weighted by molar-refractivity contribution is 7.89. The molecule has 0 aliphatic heterocycles. The fraction of sp³-hybridized carbons (Fsp3) is 0.667. The molecule has 16 heavy (non-hydrogen) atoms. The van der Waals surface area contributed by atoms with E-state index in [0.29, 0.717) is 19.0 Å². The molecule has 0 spiro atoms. The summed E-state index contributed by atoms with van der Waals surface area (Å²) in [5.74, 6) is 0.429. The normalized spacial score (nSPS) is 13.9. The molecular formula is C9H18N4O2S. The van der Waals surface area contributed by atoms with Crippen molar-refractivity contribution < 1.29 is 8.42 Å². The van der Waals surface area contributed by atoms with Gasteiger partial charge in [0, 0.05) is 12.7 Å². The van der Waals surface area contributed by atoms with Crippen LogP contribution in [0, 0.1) is 5.92 Å². The average Bonchev–Trinajstić information content (AvgIpc) is 2.78. The Morgan fingerprint density at radius 3 is 2.94 bits per heavy atom. The van der Waals surface area contributed by atoms with Crippen molar-refractivity contribution in [3.8, 4) is 0 Å². The van der Waals surface area contributed by atoms with E-state index in [1.807, 2.05) is 6.92 Å². The van der Waals surface area contributed by atoms with Gasteiger partial charge in [-0.3, -0.25) is 5.10 Å². The molecule has 6 nitrogen and oxygen atoms in total. The number of hydrogen-bond donors (Lipinski definition) is 3. The zero-order valence-electron chi connectivity index (χ0n) is 9.31. The predicted molar refractivity (Wildman–Crippen MR) is 61.2 cm³/mol. The first kappa shape index (κ1) is 13.1. The van der Waals surface area contributed by atoms with Crippen LogP contribution >= 0.6 is 0 Å². The molecule has 7 heteroatoms. The number of aromatic amines is 1. The Morgan fingerprint density at radius 2 is 2.38 bits per heavy atom. The second kappa shape index (κ2) is 5.97. The fourth-order valence-electron chi connectivity index (χ4n) is 1.24. The average molecular weight is 246 g/mol. The summed E-state index contributed by atoms with van der Waals surface area (Å²) in [6.45, 7) is 3.11. The SMILES string of the molecule is CC(CN)CCCNS(=O)(=O)c1cn[nH]c1. The number of hydrogen-bond acceptors (Lipinski definition) is 4. The van der Waals surface area contributed by atoms with Crippen molar-refractivity contribution in [2.24, 2.45) is 11.7 Å². The number of rotatable bonds is 7. The zero-order valence-corrected chi connectivity index (χ0v) is 10.1. The Kier molecular flexibility index (Phi) is 4.91. The summed E-state index contributed by atoms with van der Waals surface area (Å²) < 4.78 is 25.7. The van der Waals surface area contributed by atoms with E-state index in [1.54, 1.807) is 0 Å². The van der Waals surface area contributed by atoms with Crippen LogP contribution in [-0.2, 0) is 10.0 Å². The Labute approximate surface area is 95.7 Å². The summed E-state index contributed by atoms with van der Waals surface area (Å²) in [5, 5.41) is 6.07. The van der Waals surface area contributed by atoms with Gasteiger partial charge in [-0.1, -0.05) is 6.92 Å². The lowest BCUT2D eigenvalue weighted by Crippen LogP contribution is -2.25. The van der Waals surface area contributed by atoms with E-state index in [9.17, 15) is 8.42 Å². The van der Waals surface area contributed by atoms with Gasteiger partial charge in [0.2, 0.25) is 10.0 Å². The highest BCUT2D eigenvalue weighted by Gasteiger charge is 2.13. The van der Waals surface area contributed by atoms with Crippen LogP contribution in [0.2, 0.25) is 0 Å². The predicted octanol–water partition coefficient (Wildman–Crippen LogP) is 0.0630. The number of nitrogens with two attached hydrogens (primary N) is 1. The number of H-pyrrole nitrogens is 1. The van der Waals surface area contributed by atoms with Gasteiger partial charge in [-0.2, -0.15) is 5.10 Å². The lowest BCUT2D eigenvalue weighted by Gasteiger charge is -2.08. The minimum atomic E-state index is -3.40. The lowest BCUT2D eigenvalue weighted by molar-refractivity contribution is 0.513. The van der Waals surface area contributed by atoms with Crippen LogP contribution < -0.4 is 10.5 Å². The highest BCUT2D eigenvalue weighted by atomic mass is 32.2. The molecule has 1 heterocycles. The third-order valence-electron chi connectivity index (χ3n) is 2.35. The van der Waals surface area contributed by atoms with Crippen LogP contribution in [-0.4, -0.2) is 31.7 Å². The molecule has 0 fully saturated rings. The van der Waals surface area contributed by atoms with E-state index in [2.05, 4.69) is 14.9 Å². The molecule has 92 valence electrons. The Morgan fingerprint density at radius 1 is 1.62 bits per heavy atom. The molecule has 1 aromatic rings. The maximum Gasteiger partial charge on any atom is 0.243 e. The maximum atomic E-state index is 11.6. The summed E-state index contributed by atoms with van der Waals surface area (Å²) >= 11 is 0. The molecule has 1 unspecified atom stereocenters. The fourth-order valence-corrected chi connectivity index (χ4v) is 2.22. The molecule has 0 aliphatic rings. The zero-order chi connectivity index (χ0) is 12.0. The van der Waals surface area contributed by atoms with Gasteiger partial charge < -0.3 is 5.73 Å². The van der Waals surface area contributed by atoms with Crippen molar-refractivity contribution in [2.45, 2.75) is 24.7 Å². The summed E-state index contributed by atoms with van der Waals surface area (Å²) in [4.78, 5) is 0.166. The van der Waals surface area contributed by atoms with E-state index in [1.165, 1.54) is 12.4 Å². The molecule has 0 aromatic carbocycles. The molecule has 0 aliphatic carbocycles. The number of aromatic nitrogens is 2. The van der Waals surface area contributed by atoms with Gasteiger partial charge in [0.05, 0.1) is 6.20 Å². The van der Waals surface area contributed by atoms with Crippen molar-refractivity contribution in [3.63, 3.8) is 0 Å². The van der Waals surface area contributed by atoms with E-state index >= 15 is 0 Å². The van der Waals surface area contributed by atoms with Crippen molar-refractivity contribution in [3.05, 3.63) is 12.4 Å². The van der Waals surface area contributed by atoms with Crippen molar-refractivity contribution in [1.82, 2.24) is 14.9 Å². The molecule has 0 amide bonds. The standard InChI is InChI=1S/C9H18N4O2S/c1-8(5-10)3-2-4-13-16(14,15)9-6-11-12-7-9/h6-8,13H,2-5,10H2,1H3,(H,11,12). The monoisotopic (exact) mass is 246 g/mol. The second-order valence-electron chi connectivity index (χ2n) is 3.81. The molecule has 0 saturated heterocycles. The Balaban J connectivity index is 2.33. The number of sulfonamides is 1. The van der Waals surface area contributed by atoms with Crippen LogP contribution in [0.5, 0.6) is 0 Å². The van der Waals surface area contributed by atoms with Crippen LogP contribution in [0.3, 0.4) is 0 Å². The second-order valence-corrected chi connectivity index (χ2v) is 5.58. The third-order valence-corrected chi connectivity index (χ3v) is 3.78. The molecule has 0 saturated carbocycles. The Bertz CT molecular complexity index is 388. The number of nitrogens with one attached hydrogen (secondary N) is 2. The van der Waals surface area contributed by atoms with E-state index in [4.69, 9.17) is 5.73 Å². The maximum absolute atomic E-state index is 11.6. The minimum Gasteiger partial charge on any atom is -0.330 e. The van der Waals surface area contributed by atoms with Gasteiger partial charge in [0.15, 0.2) is 0 Å². The molecular weight excluding hydrogens is 228 g/mol. The molecule has 1 atom stereocenters. The van der Waals surface area contributed by atoms with Crippen molar-refractivity contribution in [1.29, 1.82) is 0 Å². The third kappa shape index (κ3) is 3.92. The number of nitrogens with zero attached hydrogens (tertiary/aromatic N) is 1. The van der Waals surface area contributed by atoms with Crippen LogP contribution in [0.15, 0.2) is 17.3 Å². The summed E-state index contributed by atoms with van der Waals surface area (Å²) in [5.41, 5.74) is 5.47. The van der Waals surface area contributed by atoms with Crippen LogP contribution in [0.25, 0.3) is 0 Å². The van der Waals surface area contributed by atoms with Crippen LogP contribution in [0.4, 0.5) is 0 Å². The van der Waals surface area contributed by atoms with Gasteiger partial charge in [0.1, 0.15) is 4.90 Å². The van der Waals surface area contributed by atoms with Gasteiger partial charge in [-0.15, -0.1) is 0 Å². The molecule has 1 rings (SSSR count). The first-order valence-corrected chi connectivity index (χ1v) is 6.73. The van der Waals surface area contributed by atoms with E-state index < -0.39 is 10.0 Å². The van der Waals surface area contributed by atoms with Gasteiger partial charge in [0.25, 0.3) is 0 Å². The minimum absolute atomic E-state index is 0.166. The molecule has 0 radical (unpaired) electrons. The molecule has 4 N–H and O–H groups in total. The van der Waals surface area contributed by atoms with Crippen molar-refractivity contribution >= 4 is 10.0 Å². The molecule has 0 bridgehead atoms. The lowest BCUT2D eigenvalue weighted by atomic mass is 10.1. The van der Waals surface area contributed by atoms with Crippen molar-refractivity contribution in [2.75, 3.05) is 13.1 Å². The van der Waals surface area contributed by atoms with Gasteiger partial charge in [-0.05, 0) is 25.3 Å². The Hall–Kier alpha value is -0.920. The molecule has 1 aromatic heterocycles. The summed E-state index contributed by atoms with van der Waals surface area (Å²) in [7, 11) is -3.40. The van der Waals surface area contributed by atoms with E-state index in [-0.39, 0.29) is 4.90 Å². The van der Waals surface area contributed by atoms with Crippen LogP contribution in [0.1, 0.15) is 19.8 Å². The quantitative estimate of drug-likeness (QED) is 0.592. The topological polar surface area (TPSA) is 101 Å². The first-order chi connectivity index (χ1) is 7.56. The largest absolute Gasteiger partial charge is 0.330 e. The summed E-state index contributed by atoms with van der Waals surface area (Å²) in [6, 6.07) is 0. The van der Waals surface area contributed by atoms with Gasteiger partial charge >= 0.3 is 0 Å². The summed E-state index contributed by atoms with van der Waals surface area (Å²) in [6.07, 6.45) is 4.34. The van der Waals surface area contributed by atoms with E-state index in [0.717, 1.165) is 12.8 Å².